The van der Waals surface area contributed by atoms with E-state index in [9.17, 15) is 4.79 Å². The van der Waals surface area contributed by atoms with Gasteiger partial charge in [-0.1, -0.05) is 12.1 Å². The third kappa shape index (κ3) is 2.87. The Labute approximate surface area is 109 Å². The molecule has 0 aliphatic carbocycles. The van der Waals surface area contributed by atoms with Crippen LogP contribution in [-0.2, 0) is 11.2 Å². The van der Waals surface area contributed by atoms with Gasteiger partial charge in [0.05, 0.1) is 19.2 Å². The van der Waals surface area contributed by atoms with Crippen molar-refractivity contribution in [2.24, 2.45) is 0 Å². The average Bonchev–Trinajstić information content (AvgIpc) is 2.87. The molecular formula is C13H13NO3S. The van der Waals surface area contributed by atoms with Gasteiger partial charge in [0, 0.05) is 11.8 Å². The van der Waals surface area contributed by atoms with E-state index in [1.807, 2.05) is 24.3 Å². The molecule has 0 fully saturated rings. The molecular weight excluding hydrogens is 250 g/mol. The van der Waals surface area contributed by atoms with Crippen LogP contribution < -0.4 is 4.74 Å². The largest absolute Gasteiger partial charge is 0.497 e. The van der Waals surface area contributed by atoms with Gasteiger partial charge in [-0.3, -0.25) is 0 Å². The number of methoxy groups -OCH3 is 2. The minimum absolute atomic E-state index is 0.367. The Balaban J connectivity index is 2.08. The molecule has 0 saturated heterocycles. The molecule has 1 aromatic carbocycles. The summed E-state index contributed by atoms with van der Waals surface area (Å²) in [5, 5.41) is 2.60. The molecule has 0 aliphatic rings. The van der Waals surface area contributed by atoms with Crippen molar-refractivity contribution in [1.82, 2.24) is 4.98 Å². The van der Waals surface area contributed by atoms with E-state index >= 15 is 0 Å². The molecule has 0 saturated carbocycles. The second-order valence-corrected chi connectivity index (χ2v) is 4.59. The van der Waals surface area contributed by atoms with Crippen LogP contribution in [0.4, 0.5) is 0 Å². The topological polar surface area (TPSA) is 48.4 Å². The fourth-order valence-electron chi connectivity index (χ4n) is 1.51. The number of hydrogen-bond donors (Lipinski definition) is 0. The SMILES string of the molecule is COC(=O)c1csc(Cc2ccc(OC)cc2)n1. The van der Waals surface area contributed by atoms with Crippen molar-refractivity contribution in [3.05, 3.63) is 45.9 Å². The molecule has 4 nitrogen and oxygen atoms in total. The third-order valence-electron chi connectivity index (χ3n) is 2.46. The number of carbonyl (C=O) groups is 1. The van der Waals surface area contributed by atoms with Crippen LogP contribution in [0.2, 0.25) is 0 Å². The van der Waals surface area contributed by atoms with E-state index in [2.05, 4.69) is 9.72 Å². The van der Waals surface area contributed by atoms with Gasteiger partial charge in [-0.2, -0.15) is 0 Å². The average molecular weight is 263 g/mol. The van der Waals surface area contributed by atoms with E-state index in [0.717, 1.165) is 16.3 Å². The summed E-state index contributed by atoms with van der Waals surface area (Å²) in [6.07, 6.45) is 0.700. The first-order valence-corrected chi connectivity index (χ1v) is 6.26. The fraction of sp³-hybridized carbons (Fsp3) is 0.231. The van der Waals surface area contributed by atoms with Crippen LogP contribution >= 0.6 is 11.3 Å². The molecule has 0 atom stereocenters. The van der Waals surface area contributed by atoms with Gasteiger partial charge in [0.1, 0.15) is 5.75 Å². The molecule has 0 N–H and O–H groups in total. The van der Waals surface area contributed by atoms with Crippen LogP contribution in [0.3, 0.4) is 0 Å². The maximum Gasteiger partial charge on any atom is 0.357 e. The normalized spacial score (nSPS) is 10.1. The summed E-state index contributed by atoms with van der Waals surface area (Å²) < 4.78 is 9.71. The summed E-state index contributed by atoms with van der Waals surface area (Å²) in [5.41, 5.74) is 1.49. The zero-order valence-electron chi connectivity index (χ0n) is 10.2. The fourth-order valence-corrected chi connectivity index (χ4v) is 2.31. The van der Waals surface area contributed by atoms with E-state index < -0.39 is 5.97 Å². The number of aromatic nitrogens is 1. The maximum atomic E-state index is 11.3. The molecule has 0 radical (unpaired) electrons. The molecule has 2 rings (SSSR count). The zero-order valence-corrected chi connectivity index (χ0v) is 11.0. The minimum atomic E-state index is -0.396. The Bertz CT molecular complexity index is 533. The van der Waals surface area contributed by atoms with Gasteiger partial charge in [-0.15, -0.1) is 11.3 Å². The summed E-state index contributed by atoms with van der Waals surface area (Å²) >= 11 is 1.45. The molecule has 5 heteroatoms. The second kappa shape index (κ2) is 5.64. The highest BCUT2D eigenvalue weighted by atomic mass is 32.1. The van der Waals surface area contributed by atoms with Gasteiger partial charge in [-0.25, -0.2) is 9.78 Å². The lowest BCUT2D eigenvalue weighted by Crippen LogP contribution is -2.01. The standard InChI is InChI=1S/C13H13NO3S/c1-16-10-5-3-9(4-6-10)7-12-14-11(8-18-12)13(15)17-2/h3-6,8H,7H2,1-2H3. The number of esters is 1. The highest BCUT2D eigenvalue weighted by molar-refractivity contribution is 7.09. The first kappa shape index (κ1) is 12.6. The van der Waals surface area contributed by atoms with Gasteiger partial charge >= 0.3 is 5.97 Å². The molecule has 1 heterocycles. The monoisotopic (exact) mass is 263 g/mol. The summed E-state index contributed by atoms with van der Waals surface area (Å²) in [4.78, 5) is 15.5. The summed E-state index contributed by atoms with van der Waals surface area (Å²) in [6, 6.07) is 7.78. The van der Waals surface area contributed by atoms with Crippen LogP contribution in [0.15, 0.2) is 29.6 Å². The molecule has 0 amide bonds. The predicted molar refractivity (Wildman–Crippen MR) is 69.3 cm³/mol. The molecule has 0 bridgehead atoms. The van der Waals surface area contributed by atoms with Crippen LogP contribution in [0, 0.1) is 0 Å². The quantitative estimate of drug-likeness (QED) is 0.795. The first-order valence-electron chi connectivity index (χ1n) is 5.38. The van der Waals surface area contributed by atoms with Gasteiger partial charge in [-0.05, 0) is 17.7 Å². The Morgan fingerprint density at radius 1 is 1.28 bits per heavy atom. The van der Waals surface area contributed by atoms with E-state index in [1.54, 1.807) is 12.5 Å². The van der Waals surface area contributed by atoms with Gasteiger partial charge < -0.3 is 9.47 Å². The smallest absolute Gasteiger partial charge is 0.357 e. The Kier molecular flexibility index (Phi) is 3.94. The number of rotatable bonds is 4. The van der Waals surface area contributed by atoms with Crippen molar-refractivity contribution in [3.8, 4) is 5.75 Å². The number of hydrogen-bond acceptors (Lipinski definition) is 5. The highest BCUT2D eigenvalue weighted by Crippen LogP contribution is 2.17. The Hall–Kier alpha value is -1.88. The highest BCUT2D eigenvalue weighted by Gasteiger charge is 2.10. The lowest BCUT2D eigenvalue weighted by molar-refractivity contribution is 0.0594. The van der Waals surface area contributed by atoms with Gasteiger partial charge in [0.15, 0.2) is 5.69 Å². The minimum Gasteiger partial charge on any atom is -0.497 e. The van der Waals surface area contributed by atoms with Gasteiger partial charge in [0.2, 0.25) is 0 Å². The summed E-state index contributed by atoms with van der Waals surface area (Å²) in [7, 11) is 2.99. The maximum absolute atomic E-state index is 11.3. The molecule has 0 aliphatic heterocycles. The molecule has 1 aromatic heterocycles. The van der Waals surface area contributed by atoms with Crippen molar-refractivity contribution < 1.29 is 14.3 Å². The zero-order chi connectivity index (χ0) is 13.0. The van der Waals surface area contributed by atoms with Crippen molar-refractivity contribution in [2.75, 3.05) is 14.2 Å². The molecule has 94 valence electrons. The molecule has 0 unspecified atom stereocenters. The number of benzene rings is 1. The summed E-state index contributed by atoms with van der Waals surface area (Å²) in [5.74, 6) is 0.431. The van der Waals surface area contributed by atoms with Crippen LogP contribution in [0.5, 0.6) is 5.75 Å². The van der Waals surface area contributed by atoms with E-state index in [1.165, 1.54) is 18.4 Å². The molecule has 18 heavy (non-hydrogen) atoms. The summed E-state index contributed by atoms with van der Waals surface area (Å²) in [6.45, 7) is 0. The lowest BCUT2D eigenvalue weighted by atomic mass is 10.1. The van der Waals surface area contributed by atoms with Crippen LogP contribution in [0.25, 0.3) is 0 Å². The van der Waals surface area contributed by atoms with Crippen molar-refractivity contribution in [1.29, 1.82) is 0 Å². The number of ether oxygens (including phenoxy) is 2. The Morgan fingerprint density at radius 2 is 2.00 bits per heavy atom. The number of carbonyl (C=O) groups excluding carboxylic acids is 1. The van der Waals surface area contributed by atoms with Crippen molar-refractivity contribution in [3.63, 3.8) is 0 Å². The number of nitrogens with zero attached hydrogens (tertiary/aromatic N) is 1. The van der Waals surface area contributed by atoms with E-state index in [0.29, 0.717) is 12.1 Å². The first-order chi connectivity index (χ1) is 8.72. The Morgan fingerprint density at radius 3 is 2.61 bits per heavy atom. The lowest BCUT2D eigenvalue weighted by Gasteiger charge is -2.01. The van der Waals surface area contributed by atoms with E-state index in [4.69, 9.17) is 4.74 Å². The second-order valence-electron chi connectivity index (χ2n) is 3.64. The molecule has 0 spiro atoms. The van der Waals surface area contributed by atoms with Crippen LogP contribution in [-0.4, -0.2) is 25.2 Å². The van der Waals surface area contributed by atoms with Gasteiger partial charge in [0.25, 0.3) is 0 Å². The van der Waals surface area contributed by atoms with E-state index in [-0.39, 0.29) is 0 Å². The third-order valence-corrected chi connectivity index (χ3v) is 3.31. The number of thiazole rings is 1. The van der Waals surface area contributed by atoms with Crippen LogP contribution in [0.1, 0.15) is 21.1 Å². The molecule has 2 aromatic rings. The van der Waals surface area contributed by atoms with Crippen molar-refractivity contribution in [2.45, 2.75) is 6.42 Å². The van der Waals surface area contributed by atoms with Crippen molar-refractivity contribution >= 4 is 17.3 Å². The predicted octanol–water partition coefficient (Wildman–Crippen LogP) is 2.53.